The van der Waals surface area contributed by atoms with Crippen molar-refractivity contribution in [1.29, 1.82) is 0 Å². The molecule has 2 aromatic carbocycles. The second kappa shape index (κ2) is 5.76. The first-order valence-corrected chi connectivity index (χ1v) is 6.01. The van der Waals surface area contributed by atoms with Crippen LogP contribution in [0, 0.1) is 15.9 Å². The van der Waals surface area contributed by atoms with Gasteiger partial charge in [-0.3, -0.25) is 14.9 Å². The zero-order valence-electron chi connectivity index (χ0n) is 10.3. The summed E-state index contributed by atoms with van der Waals surface area (Å²) >= 11 is 5.76. The molecule has 2 rings (SSSR count). The van der Waals surface area contributed by atoms with Crippen LogP contribution in [-0.2, 0) is 0 Å². The van der Waals surface area contributed by atoms with Crippen molar-refractivity contribution >= 4 is 28.9 Å². The van der Waals surface area contributed by atoms with Crippen molar-refractivity contribution in [2.24, 2.45) is 0 Å². The van der Waals surface area contributed by atoms with Crippen LogP contribution in [-0.4, -0.2) is 15.9 Å². The fraction of sp³-hybridized carbons (Fsp3) is 0. The second-order valence-electron chi connectivity index (χ2n) is 3.98. The number of amides is 1. The van der Waals surface area contributed by atoms with E-state index in [2.05, 4.69) is 5.32 Å². The molecule has 0 aliphatic rings. The largest absolute Gasteiger partial charge is 0.502 e. The van der Waals surface area contributed by atoms with Crippen LogP contribution in [0.2, 0.25) is 5.02 Å². The van der Waals surface area contributed by atoms with Crippen LogP contribution >= 0.6 is 11.6 Å². The van der Waals surface area contributed by atoms with Crippen LogP contribution in [0.15, 0.2) is 36.4 Å². The minimum absolute atomic E-state index is 0.0340. The number of anilines is 1. The lowest BCUT2D eigenvalue weighted by atomic mass is 10.1. The summed E-state index contributed by atoms with van der Waals surface area (Å²) in [5.74, 6) is -2.48. The molecular formula is C13H8ClFN2O4. The molecule has 0 bridgehead atoms. The number of phenolic OH excluding ortho intramolecular Hbond substituents is 1. The fourth-order valence-corrected chi connectivity index (χ4v) is 1.87. The van der Waals surface area contributed by atoms with Gasteiger partial charge < -0.3 is 10.4 Å². The van der Waals surface area contributed by atoms with E-state index in [9.17, 15) is 24.4 Å². The van der Waals surface area contributed by atoms with Crippen molar-refractivity contribution in [1.82, 2.24) is 0 Å². The first-order valence-electron chi connectivity index (χ1n) is 5.63. The summed E-state index contributed by atoms with van der Waals surface area (Å²) in [4.78, 5) is 21.9. The maximum Gasteiger partial charge on any atom is 0.311 e. The molecule has 21 heavy (non-hydrogen) atoms. The Morgan fingerprint density at radius 3 is 2.57 bits per heavy atom. The Hall–Kier alpha value is -2.67. The van der Waals surface area contributed by atoms with Crippen LogP contribution in [0.25, 0.3) is 0 Å². The molecule has 0 spiro atoms. The average Bonchev–Trinajstić information content (AvgIpc) is 2.42. The van der Waals surface area contributed by atoms with Gasteiger partial charge in [-0.05, 0) is 18.2 Å². The van der Waals surface area contributed by atoms with E-state index in [1.807, 2.05) is 0 Å². The first-order chi connectivity index (χ1) is 9.91. The van der Waals surface area contributed by atoms with E-state index < -0.39 is 28.1 Å². The number of hydrogen-bond donors (Lipinski definition) is 2. The maximum absolute atomic E-state index is 13.6. The quantitative estimate of drug-likeness (QED) is 0.671. The predicted molar refractivity (Wildman–Crippen MR) is 74.1 cm³/mol. The van der Waals surface area contributed by atoms with Crippen molar-refractivity contribution < 1.29 is 19.2 Å². The molecule has 0 heterocycles. The number of rotatable bonds is 3. The average molecular weight is 311 g/mol. The summed E-state index contributed by atoms with van der Waals surface area (Å²) in [7, 11) is 0. The highest BCUT2D eigenvalue weighted by molar-refractivity contribution is 6.34. The minimum Gasteiger partial charge on any atom is -0.502 e. The van der Waals surface area contributed by atoms with E-state index in [4.69, 9.17) is 11.6 Å². The lowest BCUT2D eigenvalue weighted by Gasteiger charge is -2.09. The fourth-order valence-electron chi connectivity index (χ4n) is 1.66. The number of nitro groups is 1. The molecule has 0 aromatic heterocycles. The molecule has 0 fully saturated rings. The molecule has 2 N–H and O–H groups in total. The van der Waals surface area contributed by atoms with E-state index in [1.165, 1.54) is 24.3 Å². The SMILES string of the molecule is O=C(Nc1c(F)cccc1Cl)c1cccc([N+](=O)[O-])c1O. The minimum atomic E-state index is -0.914. The molecular weight excluding hydrogens is 303 g/mol. The van der Waals surface area contributed by atoms with Gasteiger partial charge in [-0.2, -0.15) is 0 Å². The van der Waals surface area contributed by atoms with Crippen LogP contribution < -0.4 is 5.32 Å². The third-order valence-corrected chi connectivity index (χ3v) is 2.97. The number of hydrogen-bond acceptors (Lipinski definition) is 4. The lowest BCUT2D eigenvalue weighted by molar-refractivity contribution is -0.385. The lowest BCUT2D eigenvalue weighted by Crippen LogP contribution is -2.14. The highest BCUT2D eigenvalue weighted by atomic mass is 35.5. The van der Waals surface area contributed by atoms with Crippen LogP contribution in [0.4, 0.5) is 15.8 Å². The Kier molecular flexibility index (Phi) is 4.04. The highest BCUT2D eigenvalue weighted by Crippen LogP contribution is 2.31. The maximum atomic E-state index is 13.6. The van der Waals surface area contributed by atoms with Gasteiger partial charge in [-0.15, -0.1) is 0 Å². The standard InChI is InChI=1S/C13H8ClFN2O4/c14-8-4-2-5-9(15)11(8)16-13(19)7-3-1-6-10(12(7)18)17(20)21/h1-6,18H,(H,16,19). The number of nitrogens with one attached hydrogen (secondary N) is 1. The summed E-state index contributed by atoms with van der Waals surface area (Å²) in [6.45, 7) is 0. The second-order valence-corrected chi connectivity index (χ2v) is 4.39. The van der Waals surface area contributed by atoms with E-state index >= 15 is 0 Å². The van der Waals surface area contributed by atoms with Gasteiger partial charge in [0, 0.05) is 6.07 Å². The molecule has 8 heteroatoms. The van der Waals surface area contributed by atoms with E-state index in [-0.39, 0.29) is 16.3 Å². The first kappa shape index (κ1) is 14.7. The van der Waals surface area contributed by atoms with Gasteiger partial charge in [0.1, 0.15) is 5.82 Å². The Bertz CT molecular complexity index is 716. The van der Waals surface area contributed by atoms with Crippen molar-refractivity contribution in [3.63, 3.8) is 0 Å². The molecule has 0 aliphatic carbocycles. The van der Waals surface area contributed by atoms with Crippen molar-refractivity contribution in [2.45, 2.75) is 0 Å². The summed E-state index contributed by atoms with van der Waals surface area (Å²) in [6.07, 6.45) is 0. The number of para-hydroxylation sites is 2. The van der Waals surface area contributed by atoms with E-state index in [1.54, 1.807) is 0 Å². The highest BCUT2D eigenvalue weighted by Gasteiger charge is 2.22. The summed E-state index contributed by atoms with van der Waals surface area (Å²) in [5.41, 5.74) is -1.25. The molecule has 1 amide bonds. The Balaban J connectivity index is 2.38. The topological polar surface area (TPSA) is 92.5 Å². The number of phenols is 1. The van der Waals surface area contributed by atoms with Crippen LogP contribution in [0.5, 0.6) is 5.75 Å². The van der Waals surface area contributed by atoms with Gasteiger partial charge in [-0.1, -0.05) is 23.7 Å². The summed E-state index contributed by atoms with van der Waals surface area (Å²) < 4.78 is 13.6. The third kappa shape index (κ3) is 2.92. The predicted octanol–water partition coefficient (Wildman–Crippen LogP) is 3.35. The van der Waals surface area contributed by atoms with Gasteiger partial charge in [-0.25, -0.2) is 4.39 Å². The van der Waals surface area contributed by atoms with Crippen LogP contribution in [0.3, 0.4) is 0 Å². The van der Waals surface area contributed by atoms with Gasteiger partial charge in [0.05, 0.1) is 21.2 Å². The molecule has 2 aromatic rings. The molecule has 108 valence electrons. The smallest absolute Gasteiger partial charge is 0.311 e. The molecule has 6 nitrogen and oxygen atoms in total. The number of carbonyl (C=O) groups excluding carboxylic acids is 1. The Labute approximate surface area is 122 Å². The molecule has 0 aliphatic heterocycles. The Morgan fingerprint density at radius 2 is 1.95 bits per heavy atom. The van der Waals surface area contributed by atoms with Gasteiger partial charge in [0.25, 0.3) is 5.91 Å². The molecule has 0 saturated heterocycles. The Morgan fingerprint density at radius 1 is 1.29 bits per heavy atom. The normalized spacial score (nSPS) is 10.2. The third-order valence-electron chi connectivity index (χ3n) is 2.66. The number of halogens is 2. The number of carbonyl (C=O) groups is 1. The summed E-state index contributed by atoms with van der Waals surface area (Å²) in [6, 6.07) is 7.27. The molecule has 0 atom stereocenters. The van der Waals surface area contributed by atoms with Crippen molar-refractivity contribution in [3.8, 4) is 5.75 Å². The summed E-state index contributed by atoms with van der Waals surface area (Å²) in [5, 5.41) is 22.6. The number of benzene rings is 2. The van der Waals surface area contributed by atoms with E-state index in [0.717, 1.165) is 12.1 Å². The zero-order valence-corrected chi connectivity index (χ0v) is 11.1. The molecule has 0 saturated carbocycles. The van der Waals surface area contributed by atoms with Gasteiger partial charge >= 0.3 is 5.69 Å². The van der Waals surface area contributed by atoms with Gasteiger partial charge in [0.15, 0.2) is 0 Å². The number of aromatic hydroxyl groups is 1. The monoisotopic (exact) mass is 310 g/mol. The molecule has 0 radical (unpaired) electrons. The van der Waals surface area contributed by atoms with Crippen molar-refractivity contribution in [2.75, 3.05) is 5.32 Å². The van der Waals surface area contributed by atoms with E-state index in [0.29, 0.717) is 0 Å². The molecule has 0 unspecified atom stereocenters. The van der Waals surface area contributed by atoms with Gasteiger partial charge in [0.2, 0.25) is 5.75 Å². The van der Waals surface area contributed by atoms with Crippen molar-refractivity contribution in [3.05, 3.63) is 62.9 Å². The van der Waals surface area contributed by atoms with Crippen LogP contribution in [0.1, 0.15) is 10.4 Å². The zero-order chi connectivity index (χ0) is 15.6. The number of nitro benzene ring substituents is 1. The number of nitrogens with zero attached hydrogens (tertiary/aromatic N) is 1.